The lowest BCUT2D eigenvalue weighted by atomic mass is 10.2. The summed E-state index contributed by atoms with van der Waals surface area (Å²) < 4.78 is 32.8. The first-order valence-electron chi connectivity index (χ1n) is 8.70. The number of non-ortho nitro benzene ring substituents is 1. The van der Waals surface area contributed by atoms with Crippen molar-refractivity contribution < 1.29 is 18.1 Å². The minimum atomic E-state index is -3.55. The van der Waals surface area contributed by atoms with Crippen molar-refractivity contribution in [3.63, 3.8) is 0 Å². The van der Waals surface area contributed by atoms with E-state index in [1.807, 2.05) is 4.90 Å². The molecule has 142 valence electrons. The van der Waals surface area contributed by atoms with Gasteiger partial charge in [0.05, 0.1) is 16.4 Å². The second-order valence-electron chi connectivity index (χ2n) is 6.53. The van der Waals surface area contributed by atoms with Crippen LogP contribution in [0.5, 0.6) is 5.75 Å². The third kappa shape index (κ3) is 3.35. The molecule has 4 rings (SSSR count). The Kier molecular flexibility index (Phi) is 4.48. The molecule has 2 aromatic rings. The van der Waals surface area contributed by atoms with Gasteiger partial charge in [-0.15, -0.1) is 0 Å². The zero-order valence-corrected chi connectivity index (χ0v) is 15.4. The van der Waals surface area contributed by atoms with E-state index in [2.05, 4.69) is 0 Å². The van der Waals surface area contributed by atoms with Crippen LogP contribution in [0.1, 0.15) is 5.56 Å². The van der Waals surface area contributed by atoms with Gasteiger partial charge in [-0.05, 0) is 35.9 Å². The standard InChI is InChI=1S/C18H19N3O5S/c22-21(23)16-3-1-15(2-4-16)19-8-10-20(11-9-19)27(24,25)17-5-6-18-14(13-17)7-12-26-18/h1-6,13H,7-12H2. The Bertz CT molecular complexity index is 967. The highest BCUT2D eigenvalue weighted by Gasteiger charge is 2.29. The Labute approximate surface area is 157 Å². The van der Waals surface area contributed by atoms with E-state index in [0.29, 0.717) is 37.7 Å². The van der Waals surface area contributed by atoms with E-state index in [9.17, 15) is 18.5 Å². The number of anilines is 1. The molecular weight excluding hydrogens is 370 g/mol. The number of rotatable bonds is 4. The third-order valence-corrected chi connectivity index (χ3v) is 6.86. The summed E-state index contributed by atoms with van der Waals surface area (Å²) in [6.07, 6.45) is 0.729. The molecule has 0 bridgehead atoms. The molecule has 0 radical (unpaired) electrons. The number of benzene rings is 2. The molecule has 0 unspecified atom stereocenters. The summed E-state index contributed by atoms with van der Waals surface area (Å²) in [7, 11) is -3.55. The number of nitrogens with zero attached hydrogens (tertiary/aromatic N) is 3. The van der Waals surface area contributed by atoms with Crippen molar-refractivity contribution in [2.24, 2.45) is 0 Å². The SMILES string of the molecule is O=[N+]([O-])c1ccc(N2CCN(S(=O)(=O)c3ccc4c(c3)CCO4)CC2)cc1. The van der Waals surface area contributed by atoms with E-state index < -0.39 is 14.9 Å². The van der Waals surface area contributed by atoms with Crippen molar-refractivity contribution in [3.05, 3.63) is 58.1 Å². The molecule has 0 amide bonds. The number of fused-ring (bicyclic) bond motifs is 1. The van der Waals surface area contributed by atoms with Crippen molar-refractivity contribution in [1.29, 1.82) is 0 Å². The Balaban J connectivity index is 1.46. The Morgan fingerprint density at radius 3 is 2.37 bits per heavy atom. The van der Waals surface area contributed by atoms with Crippen molar-refractivity contribution in [1.82, 2.24) is 4.31 Å². The first kappa shape index (κ1) is 17.7. The van der Waals surface area contributed by atoms with Gasteiger partial charge in [0.1, 0.15) is 5.75 Å². The first-order chi connectivity index (χ1) is 12.9. The third-order valence-electron chi connectivity index (χ3n) is 4.96. The van der Waals surface area contributed by atoms with Crippen LogP contribution in [0.2, 0.25) is 0 Å². The number of ether oxygens (including phenoxy) is 1. The molecule has 0 aromatic heterocycles. The molecule has 0 N–H and O–H groups in total. The minimum Gasteiger partial charge on any atom is -0.493 e. The summed E-state index contributed by atoms with van der Waals surface area (Å²) >= 11 is 0. The maximum absolute atomic E-state index is 12.9. The van der Waals surface area contributed by atoms with Crippen LogP contribution < -0.4 is 9.64 Å². The summed E-state index contributed by atoms with van der Waals surface area (Å²) in [6, 6.07) is 11.4. The zero-order chi connectivity index (χ0) is 19.0. The molecule has 0 saturated carbocycles. The molecule has 8 nitrogen and oxygen atoms in total. The fourth-order valence-electron chi connectivity index (χ4n) is 3.44. The fourth-order valence-corrected chi connectivity index (χ4v) is 4.92. The van der Waals surface area contributed by atoms with Crippen LogP contribution >= 0.6 is 0 Å². The van der Waals surface area contributed by atoms with Gasteiger partial charge in [0.25, 0.3) is 5.69 Å². The molecule has 2 aliphatic rings. The lowest BCUT2D eigenvalue weighted by Crippen LogP contribution is -2.48. The normalized spacial score (nSPS) is 17.4. The van der Waals surface area contributed by atoms with E-state index in [0.717, 1.165) is 23.4 Å². The van der Waals surface area contributed by atoms with Gasteiger partial charge in [0.15, 0.2) is 0 Å². The molecular formula is C18H19N3O5S. The lowest BCUT2D eigenvalue weighted by Gasteiger charge is -2.35. The van der Waals surface area contributed by atoms with E-state index in [-0.39, 0.29) is 5.69 Å². The smallest absolute Gasteiger partial charge is 0.269 e. The van der Waals surface area contributed by atoms with Crippen molar-refractivity contribution in [2.75, 3.05) is 37.7 Å². The van der Waals surface area contributed by atoms with Gasteiger partial charge in [0, 0.05) is 50.4 Å². The van der Waals surface area contributed by atoms with Gasteiger partial charge in [-0.1, -0.05) is 0 Å². The van der Waals surface area contributed by atoms with Crippen LogP contribution in [0.25, 0.3) is 0 Å². The van der Waals surface area contributed by atoms with Gasteiger partial charge >= 0.3 is 0 Å². The molecule has 0 spiro atoms. The number of piperazine rings is 1. The van der Waals surface area contributed by atoms with E-state index in [4.69, 9.17) is 4.74 Å². The molecule has 27 heavy (non-hydrogen) atoms. The number of nitro groups is 1. The minimum absolute atomic E-state index is 0.0422. The highest BCUT2D eigenvalue weighted by atomic mass is 32.2. The molecule has 1 fully saturated rings. The molecule has 2 heterocycles. The predicted molar refractivity (Wildman–Crippen MR) is 99.7 cm³/mol. The van der Waals surface area contributed by atoms with Crippen LogP contribution in [0, 0.1) is 10.1 Å². The largest absolute Gasteiger partial charge is 0.493 e. The number of hydrogen-bond acceptors (Lipinski definition) is 6. The number of hydrogen-bond donors (Lipinski definition) is 0. The quantitative estimate of drug-likeness (QED) is 0.587. The Morgan fingerprint density at radius 2 is 1.70 bits per heavy atom. The number of sulfonamides is 1. The summed E-state index contributed by atoms with van der Waals surface area (Å²) in [5.41, 5.74) is 1.83. The maximum atomic E-state index is 12.9. The molecule has 0 atom stereocenters. The zero-order valence-electron chi connectivity index (χ0n) is 14.6. The van der Waals surface area contributed by atoms with Crippen molar-refractivity contribution in [2.45, 2.75) is 11.3 Å². The lowest BCUT2D eigenvalue weighted by molar-refractivity contribution is -0.384. The Hall–Kier alpha value is -2.65. The first-order valence-corrected chi connectivity index (χ1v) is 10.1. The average Bonchev–Trinajstić information content (AvgIpc) is 3.16. The average molecular weight is 389 g/mol. The summed E-state index contributed by atoms with van der Waals surface area (Å²) in [5.74, 6) is 0.761. The predicted octanol–water partition coefficient (Wildman–Crippen LogP) is 2.04. The highest BCUT2D eigenvalue weighted by molar-refractivity contribution is 7.89. The molecule has 1 saturated heterocycles. The van der Waals surface area contributed by atoms with Crippen LogP contribution in [-0.4, -0.2) is 50.4 Å². The summed E-state index contributed by atoms with van der Waals surface area (Å²) in [5, 5.41) is 10.8. The Morgan fingerprint density at radius 1 is 1.00 bits per heavy atom. The van der Waals surface area contributed by atoms with Crippen LogP contribution in [0.15, 0.2) is 47.4 Å². The number of nitro benzene ring substituents is 1. The maximum Gasteiger partial charge on any atom is 0.269 e. The summed E-state index contributed by atoms with van der Waals surface area (Å²) in [4.78, 5) is 12.7. The van der Waals surface area contributed by atoms with Gasteiger partial charge in [-0.3, -0.25) is 10.1 Å². The van der Waals surface area contributed by atoms with E-state index >= 15 is 0 Å². The van der Waals surface area contributed by atoms with Gasteiger partial charge in [-0.2, -0.15) is 4.31 Å². The van der Waals surface area contributed by atoms with Gasteiger partial charge in [0.2, 0.25) is 10.0 Å². The monoisotopic (exact) mass is 389 g/mol. The second kappa shape index (κ2) is 6.82. The molecule has 0 aliphatic carbocycles. The molecule has 2 aliphatic heterocycles. The van der Waals surface area contributed by atoms with E-state index in [1.165, 1.54) is 16.4 Å². The van der Waals surface area contributed by atoms with E-state index in [1.54, 1.807) is 30.3 Å². The van der Waals surface area contributed by atoms with Crippen LogP contribution in [0.3, 0.4) is 0 Å². The molecule has 9 heteroatoms. The van der Waals surface area contributed by atoms with Gasteiger partial charge in [-0.25, -0.2) is 8.42 Å². The molecule has 2 aromatic carbocycles. The highest BCUT2D eigenvalue weighted by Crippen LogP contribution is 2.29. The van der Waals surface area contributed by atoms with Crippen molar-refractivity contribution in [3.8, 4) is 5.75 Å². The summed E-state index contributed by atoms with van der Waals surface area (Å²) in [6.45, 7) is 2.39. The fraction of sp³-hybridized carbons (Fsp3) is 0.333. The van der Waals surface area contributed by atoms with Crippen LogP contribution in [0.4, 0.5) is 11.4 Å². The topological polar surface area (TPSA) is 93.0 Å². The second-order valence-corrected chi connectivity index (χ2v) is 8.47. The van der Waals surface area contributed by atoms with Gasteiger partial charge < -0.3 is 9.64 Å². The van der Waals surface area contributed by atoms with Crippen LogP contribution in [-0.2, 0) is 16.4 Å². The van der Waals surface area contributed by atoms with Crippen molar-refractivity contribution >= 4 is 21.4 Å².